The number of benzene rings is 1. The largest absolute Gasteiger partial charge is 0.443 e. The van der Waals surface area contributed by atoms with Crippen LogP contribution in [0, 0.1) is 0 Å². The highest BCUT2D eigenvalue weighted by Gasteiger charge is 2.02. The van der Waals surface area contributed by atoms with E-state index in [4.69, 9.17) is 4.42 Å². The van der Waals surface area contributed by atoms with Gasteiger partial charge in [0.2, 0.25) is 0 Å². The summed E-state index contributed by atoms with van der Waals surface area (Å²) in [5, 5.41) is 0. The van der Waals surface area contributed by atoms with Crippen LogP contribution >= 0.6 is 11.8 Å². The lowest BCUT2D eigenvalue weighted by Crippen LogP contribution is -1.81. The number of hydrogen-bond acceptors (Lipinski definition) is 3. The number of nitrogens with zero attached hydrogens (tertiary/aromatic N) is 1. The van der Waals surface area contributed by atoms with Crippen LogP contribution in [0.4, 0.5) is 0 Å². The van der Waals surface area contributed by atoms with Crippen LogP contribution in [0.5, 0.6) is 0 Å². The van der Waals surface area contributed by atoms with Gasteiger partial charge in [-0.1, -0.05) is 12.1 Å². The number of fused-ring (bicyclic) bond motifs is 1. The minimum absolute atomic E-state index is 0.876. The maximum absolute atomic E-state index is 5.18. The molecule has 0 bridgehead atoms. The lowest BCUT2D eigenvalue weighted by atomic mass is 10.2. The van der Waals surface area contributed by atoms with E-state index >= 15 is 0 Å². The van der Waals surface area contributed by atoms with Gasteiger partial charge >= 0.3 is 0 Å². The molecule has 62 valence electrons. The Hall–Kier alpha value is -0.960. The van der Waals surface area contributed by atoms with Crippen molar-refractivity contribution in [2.75, 3.05) is 6.26 Å². The second-order valence-electron chi connectivity index (χ2n) is 2.55. The van der Waals surface area contributed by atoms with Gasteiger partial charge in [-0.25, -0.2) is 4.98 Å². The molecule has 0 aliphatic heterocycles. The van der Waals surface area contributed by atoms with Gasteiger partial charge in [0.15, 0.2) is 12.0 Å². The zero-order valence-electron chi connectivity index (χ0n) is 6.78. The quantitative estimate of drug-likeness (QED) is 0.709. The number of oxazole rings is 1. The summed E-state index contributed by atoms with van der Waals surface area (Å²) in [7, 11) is 0. The van der Waals surface area contributed by atoms with Crippen molar-refractivity contribution in [3.05, 3.63) is 30.2 Å². The molecule has 0 radical (unpaired) electrons. The predicted molar refractivity (Wildman–Crippen MR) is 51.2 cm³/mol. The van der Waals surface area contributed by atoms with Gasteiger partial charge < -0.3 is 4.42 Å². The highest BCUT2D eigenvalue weighted by Crippen LogP contribution is 2.19. The fourth-order valence-electron chi connectivity index (χ4n) is 1.22. The Labute approximate surface area is 75.0 Å². The van der Waals surface area contributed by atoms with Gasteiger partial charge in [-0.15, -0.1) is 0 Å². The van der Waals surface area contributed by atoms with Gasteiger partial charge in [-0.2, -0.15) is 11.8 Å². The predicted octanol–water partition coefficient (Wildman–Crippen LogP) is 2.69. The van der Waals surface area contributed by atoms with Crippen molar-refractivity contribution >= 4 is 22.9 Å². The van der Waals surface area contributed by atoms with E-state index in [0.717, 1.165) is 16.9 Å². The summed E-state index contributed by atoms with van der Waals surface area (Å²) >= 11 is 1.79. The molecule has 0 saturated heterocycles. The van der Waals surface area contributed by atoms with Crippen LogP contribution in [0.3, 0.4) is 0 Å². The van der Waals surface area contributed by atoms with E-state index in [2.05, 4.69) is 17.3 Å². The topological polar surface area (TPSA) is 26.0 Å². The van der Waals surface area contributed by atoms with Crippen LogP contribution in [-0.4, -0.2) is 11.2 Å². The number of thioether (sulfide) groups is 1. The molecular formula is C9H9NOS. The van der Waals surface area contributed by atoms with E-state index in [1.165, 1.54) is 12.0 Å². The van der Waals surface area contributed by atoms with E-state index in [9.17, 15) is 0 Å². The second-order valence-corrected chi connectivity index (χ2v) is 3.42. The van der Waals surface area contributed by atoms with Crippen molar-refractivity contribution in [2.24, 2.45) is 0 Å². The summed E-state index contributed by atoms with van der Waals surface area (Å²) in [4.78, 5) is 4.16. The number of para-hydroxylation sites is 1. The first-order valence-electron chi connectivity index (χ1n) is 3.72. The van der Waals surface area contributed by atoms with Gasteiger partial charge in [0.05, 0.1) is 0 Å². The molecular weight excluding hydrogens is 170 g/mol. The molecule has 0 aliphatic carbocycles. The van der Waals surface area contributed by atoms with Crippen LogP contribution < -0.4 is 0 Å². The molecule has 0 fully saturated rings. The monoisotopic (exact) mass is 179 g/mol. The summed E-state index contributed by atoms with van der Waals surface area (Å²) in [6.45, 7) is 0. The lowest BCUT2D eigenvalue weighted by Gasteiger charge is -1.96. The summed E-state index contributed by atoms with van der Waals surface area (Å²) < 4.78 is 5.18. The average Bonchev–Trinajstić information content (AvgIpc) is 2.53. The van der Waals surface area contributed by atoms with Crippen LogP contribution in [-0.2, 0) is 5.75 Å². The average molecular weight is 179 g/mol. The molecule has 12 heavy (non-hydrogen) atoms. The molecule has 0 saturated carbocycles. The third kappa shape index (κ3) is 1.20. The fraction of sp³-hybridized carbons (Fsp3) is 0.222. The lowest BCUT2D eigenvalue weighted by molar-refractivity contribution is 0.602. The Morgan fingerprint density at radius 2 is 2.42 bits per heavy atom. The van der Waals surface area contributed by atoms with Gasteiger partial charge in [0.25, 0.3) is 0 Å². The smallest absolute Gasteiger partial charge is 0.181 e. The van der Waals surface area contributed by atoms with Gasteiger partial charge in [0, 0.05) is 5.75 Å². The molecule has 1 heterocycles. The van der Waals surface area contributed by atoms with Crippen molar-refractivity contribution in [3.63, 3.8) is 0 Å². The molecule has 0 aliphatic rings. The number of aromatic nitrogens is 1. The van der Waals surface area contributed by atoms with Gasteiger partial charge in [-0.3, -0.25) is 0 Å². The molecule has 2 aromatic rings. The van der Waals surface area contributed by atoms with Crippen molar-refractivity contribution in [3.8, 4) is 0 Å². The number of hydrogen-bond donors (Lipinski definition) is 0. The standard InChI is InChI=1S/C9H9NOS/c1-12-5-7-3-2-4-8-9(7)10-6-11-8/h2-4,6H,5H2,1H3. The Morgan fingerprint density at radius 3 is 3.25 bits per heavy atom. The molecule has 2 nitrogen and oxygen atoms in total. The molecule has 1 aromatic heterocycles. The van der Waals surface area contributed by atoms with Crippen LogP contribution in [0.25, 0.3) is 11.1 Å². The molecule has 0 amide bonds. The van der Waals surface area contributed by atoms with Crippen LogP contribution in [0.15, 0.2) is 29.0 Å². The summed E-state index contributed by atoms with van der Waals surface area (Å²) in [6.07, 6.45) is 3.58. The fourth-order valence-corrected chi connectivity index (χ4v) is 1.76. The van der Waals surface area contributed by atoms with Crippen molar-refractivity contribution in [1.82, 2.24) is 4.98 Å². The van der Waals surface area contributed by atoms with Crippen LogP contribution in [0.1, 0.15) is 5.56 Å². The van der Waals surface area contributed by atoms with Crippen molar-refractivity contribution in [1.29, 1.82) is 0 Å². The van der Waals surface area contributed by atoms with E-state index in [0.29, 0.717) is 0 Å². The summed E-state index contributed by atoms with van der Waals surface area (Å²) in [5.74, 6) is 0.990. The normalized spacial score (nSPS) is 10.8. The van der Waals surface area contributed by atoms with E-state index in [1.807, 2.05) is 12.1 Å². The maximum Gasteiger partial charge on any atom is 0.181 e. The Morgan fingerprint density at radius 1 is 1.50 bits per heavy atom. The highest BCUT2D eigenvalue weighted by atomic mass is 32.2. The summed E-state index contributed by atoms with van der Waals surface area (Å²) in [5.41, 5.74) is 3.11. The minimum atomic E-state index is 0.876. The zero-order chi connectivity index (χ0) is 8.39. The second kappa shape index (κ2) is 3.19. The Kier molecular flexibility index (Phi) is 2.04. The molecule has 1 aromatic carbocycles. The third-order valence-corrected chi connectivity index (χ3v) is 2.34. The molecule has 3 heteroatoms. The van der Waals surface area contributed by atoms with Crippen molar-refractivity contribution in [2.45, 2.75) is 5.75 Å². The Balaban J connectivity index is 2.57. The van der Waals surface area contributed by atoms with Gasteiger partial charge in [0.1, 0.15) is 5.52 Å². The van der Waals surface area contributed by atoms with Crippen molar-refractivity contribution < 1.29 is 4.42 Å². The highest BCUT2D eigenvalue weighted by molar-refractivity contribution is 7.97. The zero-order valence-corrected chi connectivity index (χ0v) is 7.60. The van der Waals surface area contributed by atoms with Gasteiger partial charge in [-0.05, 0) is 17.9 Å². The van der Waals surface area contributed by atoms with E-state index < -0.39 is 0 Å². The summed E-state index contributed by atoms with van der Waals surface area (Å²) in [6, 6.07) is 6.02. The SMILES string of the molecule is CSCc1cccc2ocnc12. The number of rotatable bonds is 2. The third-order valence-electron chi connectivity index (χ3n) is 1.74. The molecule has 0 unspecified atom stereocenters. The minimum Gasteiger partial charge on any atom is -0.443 e. The first-order valence-corrected chi connectivity index (χ1v) is 5.11. The van der Waals surface area contributed by atoms with E-state index in [1.54, 1.807) is 11.8 Å². The van der Waals surface area contributed by atoms with Crippen LogP contribution in [0.2, 0.25) is 0 Å². The maximum atomic E-state index is 5.18. The molecule has 0 spiro atoms. The molecule has 0 atom stereocenters. The first-order chi connectivity index (χ1) is 5.92. The molecule has 2 rings (SSSR count). The Bertz CT molecular complexity index is 383. The van der Waals surface area contributed by atoms with E-state index in [-0.39, 0.29) is 0 Å². The molecule has 0 N–H and O–H groups in total. The first kappa shape index (κ1) is 7.68.